The standard InChI is InChI=1S/C26H24F2N4OS/c1-16-25(18-7-9-29-10-8-18)34-26(30-16)19-4-2-3-17(11-19)15-32-24(33)6-5-23(31-32)20-12-21(27)14-22(28)13-20/h2-6,11-14,18,29H,7-10,15H2,1H3. The molecule has 2 aromatic carbocycles. The lowest BCUT2D eigenvalue weighted by atomic mass is 9.96. The molecule has 1 aliphatic heterocycles. The molecule has 0 aliphatic carbocycles. The number of nitrogens with zero attached hydrogens (tertiary/aromatic N) is 3. The Morgan fingerprint density at radius 2 is 1.79 bits per heavy atom. The van der Waals surface area contributed by atoms with Crippen molar-refractivity contribution in [2.45, 2.75) is 32.2 Å². The third-order valence-corrected chi connectivity index (χ3v) is 7.44. The summed E-state index contributed by atoms with van der Waals surface area (Å²) in [4.78, 5) is 18.6. The predicted octanol–water partition coefficient (Wildman–Crippen LogP) is 5.14. The van der Waals surface area contributed by atoms with Crippen molar-refractivity contribution in [2.24, 2.45) is 0 Å². The van der Waals surface area contributed by atoms with Crippen LogP contribution in [0.3, 0.4) is 0 Å². The number of halogens is 2. The first-order valence-electron chi connectivity index (χ1n) is 11.3. The normalized spacial score (nSPS) is 14.4. The van der Waals surface area contributed by atoms with E-state index in [2.05, 4.69) is 17.3 Å². The molecule has 5 nitrogen and oxygen atoms in total. The average Bonchev–Trinajstić information content (AvgIpc) is 3.22. The van der Waals surface area contributed by atoms with Crippen molar-refractivity contribution in [3.63, 3.8) is 0 Å². The van der Waals surface area contributed by atoms with Gasteiger partial charge in [-0.25, -0.2) is 18.4 Å². The Morgan fingerprint density at radius 1 is 1.03 bits per heavy atom. The van der Waals surface area contributed by atoms with Crippen LogP contribution in [0.15, 0.2) is 59.4 Å². The van der Waals surface area contributed by atoms with E-state index in [0.717, 1.165) is 53.8 Å². The summed E-state index contributed by atoms with van der Waals surface area (Å²) in [5, 5.41) is 8.73. The van der Waals surface area contributed by atoms with Gasteiger partial charge >= 0.3 is 0 Å². The Hall–Kier alpha value is -3.23. The van der Waals surface area contributed by atoms with Crippen LogP contribution in [0.25, 0.3) is 21.8 Å². The molecule has 0 amide bonds. The quantitative estimate of drug-likeness (QED) is 0.432. The fourth-order valence-electron chi connectivity index (χ4n) is 4.39. The van der Waals surface area contributed by atoms with E-state index in [1.165, 1.54) is 33.8 Å². The van der Waals surface area contributed by atoms with E-state index in [0.29, 0.717) is 11.6 Å². The second-order valence-electron chi connectivity index (χ2n) is 8.57. The number of thiazole rings is 1. The molecular formula is C26H24F2N4OS. The highest BCUT2D eigenvalue weighted by Gasteiger charge is 2.21. The Labute approximate surface area is 200 Å². The number of aromatic nitrogens is 3. The van der Waals surface area contributed by atoms with Gasteiger partial charge in [0.25, 0.3) is 5.56 Å². The Bertz CT molecular complexity index is 1370. The summed E-state index contributed by atoms with van der Waals surface area (Å²) in [6, 6.07) is 14.0. The van der Waals surface area contributed by atoms with Crippen LogP contribution in [-0.4, -0.2) is 27.9 Å². The van der Waals surface area contributed by atoms with Crippen LogP contribution in [0.5, 0.6) is 0 Å². The zero-order valence-electron chi connectivity index (χ0n) is 18.7. The summed E-state index contributed by atoms with van der Waals surface area (Å²) in [5.41, 5.74) is 3.31. The number of rotatable bonds is 5. The molecule has 2 aromatic heterocycles. The van der Waals surface area contributed by atoms with Crippen molar-refractivity contribution >= 4 is 11.3 Å². The summed E-state index contributed by atoms with van der Waals surface area (Å²) in [5.74, 6) is -0.830. The SMILES string of the molecule is Cc1nc(-c2cccc(Cn3nc(-c4cc(F)cc(F)c4)ccc3=O)c2)sc1C1CCNCC1. The van der Waals surface area contributed by atoms with Gasteiger partial charge in [-0.15, -0.1) is 11.3 Å². The van der Waals surface area contributed by atoms with Crippen LogP contribution < -0.4 is 10.9 Å². The average molecular weight is 479 g/mol. The lowest BCUT2D eigenvalue weighted by molar-refractivity contribution is 0.463. The lowest BCUT2D eigenvalue weighted by Crippen LogP contribution is -2.26. The van der Waals surface area contributed by atoms with Crippen LogP contribution in [0.1, 0.15) is 34.9 Å². The minimum absolute atomic E-state index is 0.240. The molecule has 0 atom stereocenters. The molecule has 0 unspecified atom stereocenters. The van der Waals surface area contributed by atoms with E-state index in [1.54, 1.807) is 11.3 Å². The van der Waals surface area contributed by atoms with Crippen molar-refractivity contribution in [1.29, 1.82) is 0 Å². The lowest BCUT2D eigenvalue weighted by Gasteiger charge is -2.21. The highest BCUT2D eigenvalue weighted by Crippen LogP contribution is 2.36. The first-order valence-corrected chi connectivity index (χ1v) is 12.1. The zero-order valence-corrected chi connectivity index (χ0v) is 19.5. The smallest absolute Gasteiger partial charge is 0.267 e. The summed E-state index contributed by atoms with van der Waals surface area (Å²) >= 11 is 1.75. The second kappa shape index (κ2) is 9.56. The summed E-state index contributed by atoms with van der Waals surface area (Å²) < 4.78 is 28.6. The third-order valence-electron chi connectivity index (χ3n) is 6.07. The molecule has 0 saturated carbocycles. The molecule has 34 heavy (non-hydrogen) atoms. The number of hydrogen-bond donors (Lipinski definition) is 1. The summed E-state index contributed by atoms with van der Waals surface area (Å²) in [6.45, 7) is 4.39. The molecule has 1 N–H and O–H groups in total. The van der Waals surface area contributed by atoms with E-state index in [1.807, 2.05) is 24.3 Å². The summed E-state index contributed by atoms with van der Waals surface area (Å²) in [6.07, 6.45) is 2.26. The van der Waals surface area contributed by atoms with Crippen molar-refractivity contribution in [1.82, 2.24) is 20.1 Å². The molecule has 1 aliphatic rings. The maximum absolute atomic E-state index is 13.7. The Kier molecular flexibility index (Phi) is 6.34. The number of benzene rings is 2. The zero-order chi connectivity index (χ0) is 23.7. The van der Waals surface area contributed by atoms with Gasteiger partial charge in [0.2, 0.25) is 0 Å². The van der Waals surface area contributed by atoms with Crippen molar-refractivity contribution < 1.29 is 8.78 Å². The predicted molar refractivity (Wildman–Crippen MR) is 130 cm³/mol. The van der Waals surface area contributed by atoms with Crippen molar-refractivity contribution in [3.8, 4) is 21.8 Å². The van der Waals surface area contributed by atoms with Gasteiger partial charge in [0, 0.05) is 28.1 Å². The van der Waals surface area contributed by atoms with E-state index < -0.39 is 11.6 Å². The minimum Gasteiger partial charge on any atom is -0.317 e. The molecule has 174 valence electrons. The number of hydrogen-bond acceptors (Lipinski definition) is 5. The highest BCUT2D eigenvalue weighted by molar-refractivity contribution is 7.15. The van der Waals surface area contributed by atoms with Gasteiger partial charge in [-0.3, -0.25) is 4.79 Å². The van der Waals surface area contributed by atoms with Gasteiger partial charge in [-0.1, -0.05) is 18.2 Å². The fraction of sp³-hybridized carbons (Fsp3) is 0.269. The Morgan fingerprint density at radius 3 is 2.56 bits per heavy atom. The number of piperidine rings is 1. The van der Waals surface area contributed by atoms with Gasteiger partial charge < -0.3 is 5.32 Å². The van der Waals surface area contributed by atoms with Gasteiger partial charge in [0.1, 0.15) is 16.6 Å². The number of aryl methyl sites for hydroxylation is 1. The van der Waals surface area contributed by atoms with E-state index in [4.69, 9.17) is 4.98 Å². The maximum atomic E-state index is 13.7. The van der Waals surface area contributed by atoms with Crippen LogP contribution in [0, 0.1) is 18.6 Å². The monoisotopic (exact) mass is 478 g/mol. The van der Waals surface area contributed by atoms with Crippen LogP contribution in [-0.2, 0) is 6.54 Å². The molecule has 1 saturated heterocycles. The van der Waals surface area contributed by atoms with E-state index in [9.17, 15) is 13.6 Å². The molecule has 0 spiro atoms. The first-order chi connectivity index (χ1) is 16.5. The molecule has 0 radical (unpaired) electrons. The summed E-state index contributed by atoms with van der Waals surface area (Å²) in [7, 11) is 0. The van der Waals surface area contributed by atoms with E-state index in [-0.39, 0.29) is 17.7 Å². The molecule has 0 bridgehead atoms. The molecular weight excluding hydrogens is 454 g/mol. The molecule has 8 heteroatoms. The second-order valence-corrected chi connectivity index (χ2v) is 9.60. The van der Waals surface area contributed by atoms with Gasteiger partial charge in [0.05, 0.1) is 17.9 Å². The highest BCUT2D eigenvalue weighted by atomic mass is 32.1. The van der Waals surface area contributed by atoms with Crippen LogP contribution >= 0.6 is 11.3 Å². The fourth-order valence-corrected chi connectivity index (χ4v) is 5.62. The first kappa shape index (κ1) is 22.6. The molecule has 3 heterocycles. The number of nitrogens with one attached hydrogen (secondary N) is 1. The largest absolute Gasteiger partial charge is 0.317 e. The molecule has 1 fully saturated rings. The van der Waals surface area contributed by atoms with Gasteiger partial charge in [-0.05, 0) is 68.6 Å². The van der Waals surface area contributed by atoms with Crippen LogP contribution in [0.4, 0.5) is 8.78 Å². The topological polar surface area (TPSA) is 59.8 Å². The van der Waals surface area contributed by atoms with Gasteiger partial charge in [-0.2, -0.15) is 5.10 Å². The van der Waals surface area contributed by atoms with Crippen molar-refractivity contribution in [2.75, 3.05) is 13.1 Å². The van der Waals surface area contributed by atoms with Crippen LogP contribution in [0.2, 0.25) is 0 Å². The van der Waals surface area contributed by atoms with E-state index >= 15 is 0 Å². The minimum atomic E-state index is -0.690. The molecule has 5 rings (SSSR count). The Balaban J connectivity index is 1.42. The molecule has 4 aromatic rings. The third kappa shape index (κ3) is 4.83. The maximum Gasteiger partial charge on any atom is 0.267 e. The van der Waals surface area contributed by atoms with Gasteiger partial charge in [0.15, 0.2) is 0 Å². The van der Waals surface area contributed by atoms with Crippen molar-refractivity contribution in [3.05, 3.63) is 92.7 Å².